The number of aryl methyl sites for hydroxylation is 1. The second-order valence-corrected chi connectivity index (χ2v) is 7.24. The van der Waals surface area contributed by atoms with Gasteiger partial charge in [0.05, 0.1) is 18.7 Å². The minimum atomic E-state index is -0.433. The van der Waals surface area contributed by atoms with Crippen molar-refractivity contribution in [1.29, 1.82) is 0 Å². The summed E-state index contributed by atoms with van der Waals surface area (Å²) >= 11 is 0. The number of carbonyl (C=O) groups excluding carboxylic acids is 1. The summed E-state index contributed by atoms with van der Waals surface area (Å²) in [6.07, 6.45) is 1.01. The van der Waals surface area contributed by atoms with Crippen LogP contribution in [0.3, 0.4) is 0 Å². The number of rotatable bonds is 7. The Balaban J connectivity index is 1.47. The molecule has 0 N–H and O–H groups in total. The van der Waals surface area contributed by atoms with Gasteiger partial charge in [0, 0.05) is 26.1 Å². The van der Waals surface area contributed by atoms with E-state index in [9.17, 15) is 9.59 Å². The molecule has 0 saturated carbocycles. The highest BCUT2D eigenvalue weighted by molar-refractivity contribution is 5.77. The van der Waals surface area contributed by atoms with Crippen molar-refractivity contribution >= 4 is 17.0 Å². The molecule has 0 bridgehead atoms. The molecule has 1 aromatic heterocycles. The van der Waals surface area contributed by atoms with E-state index in [0.29, 0.717) is 49.7 Å². The van der Waals surface area contributed by atoms with E-state index < -0.39 is 5.76 Å². The van der Waals surface area contributed by atoms with Crippen molar-refractivity contribution in [2.45, 2.75) is 39.8 Å². The van der Waals surface area contributed by atoms with Gasteiger partial charge in [0.15, 0.2) is 17.1 Å². The fourth-order valence-corrected chi connectivity index (χ4v) is 3.90. The molecule has 7 nitrogen and oxygen atoms in total. The van der Waals surface area contributed by atoms with E-state index in [1.54, 1.807) is 6.07 Å². The third kappa shape index (κ3) is 3.92. The maximum Gasteiger partial charge on any atom is 0.419 e. The van der Waals surface area contributed by atoms with Gasteiger partial charge in [-0.3, -0.25) is 9.36 Å². The molecule has 0 radical (unpaired) electrons. The molecule has 1 amide bonds. The third-order valence-corrected chi connectivity index (χ3v) is 5.35. The first-order chi connectivity index (χ1) is 14.6. The van der Waals surface area contributed by atoms with Gasteiger partial charge < -0.3 is 18.8 Å². The fraction of sp³-hybridized carbons (Fsp3) is 0.391. The van der Waals surface area contributed by atoms with E-state index in [1.807, 2.05) is 49.1 Å². The lowest BCUT2D eigenvalue weighted by Crippen LogP contribution is -2.36. The Labute approximate surface area is 174 Å². The van der Waals surface area contributed by atoms with Gasteiger partial charge in [-0.05, 0) is 55.7 Å². The molecule has 158 valence electrons. The van der Waals surface area contributed by atoms with Gasteiger partial charge in [0.25, 0.3) is 0 Å². The number of nitrogens with zero attached hydrogens (tertiary/aromatic N) is 2. The van der Waals surface area contributed by atoms with Crippen molar-refractivity contribution in [3.05, 3.63) is 58.1 Å². The van der Waals surface area contributed by atoms with Crippen LogP contribution in [-0.4, -0.2) is 35.1 Å². The van der Waals surface area contributed by atoms with Gasteiger partial charge >= 0.3 is 5.76 Å². The molecular weight excluding hydrogens is 384 g/mol. The number of amides is 1. The molecule has 0 atom stereocenters. The van der Waals surface area contributed by atoms with E-state index in [0.717, 1.165) is 17.7 Å². The number of para-hydroxylation sites is 2. The van der Waals surface area contributed by atoms with Crippen molar-refractivity contribution in [2.75, 3.05) is 19.8 Å². The molecule has 0 aliphatic carbocycles. The van der Waals surface area contributed by atoms with Gasteiger partial charge in [0.2, 0.25) is 5.91 Å². The molecular formula is C23H26N2O5. The van der Waals surface area contributed by atoms with Crippen LogP contribution in [0.2, 0.25) is 0 Å². The quantitative estimate of drug-likeness (QED) is 0.597. The van der Waals surface area contributed by atoms with E-state index in [2.05, 4.69) is 0 Å². The number of hydrogen-bond acceptors (Lipinski definition) is 5. The molecule has 30 heavy (non-hydrogen) atoms. The van der Waals surface area contributed by atoms with Crippen LogP contribution in [0.25, 0.3) is 11.1 Å². The Morgan fingerprint density at radius 1 is 1.07 bits per heavy atom. The summed E-state index contributed by atoms with van der Waals surface area (Å²) in [4.78, 5) is 26.8. The van der Waals surface area contributed by atoms with Crippen LogP contribution >= 0.6 is 0 Å². The largest absolute Gasteiger partial charge is 0.490 e. The first kappa shape index (κ1) is 20.1. The zero-order valence-electron chi connectivity index (χ0n) is 17.3. The summed E-state index contributed by atoms with van der Waals surface area (Å²) in [6.45, 7) is 6.48. The van der Waals surface area contributed by atoms with E-state index in [-0.39, 0.29) is 12.3 Å². The highest BCUT2D eigenvalue weighted by Crippen LogP contribution is 2.34. The van der Waals surface area contributed by atoms with Crippen LogP contribution in [0.4, 0.5) is 0 Å². The standard InChI is InChI=1S/C23H26N2O5/c1-3-28-20-13-16-9-11-24(15-17(16)14-21(20)29-4-2)22(26)10-12-25-18-7-5-6-8-19(18)30-23(25)27/h5-8,13-14H,3-4,9-12,15H2,1-2H3. The van der Waals surface area contributed by atoms with Crippen LogP contribution in [0, 0.1) is 0 Å². The molecule has 3 aromatic rings. The smallest absolute Gasteiger partial charge is 0.419 e. The monoisotopic (exact) mass is 410 g/mol. The van der Waals surface area contributed by atoms with Gasteiger partial charge in [-0.2, -0.15) is 0 Å². The van der Waals surface area contributed by atoms with Crippen LogP contribution in [0.5, 0.6) is 11.5 Å². The highest BCUT2D eigenvalue weighted by atomic mass is 16.5. The van der Waals surface area contributed by atoms with Crippen molar-refractivity contribution < 1.29 is 18.7 Å². The van der Waals surface area contributed by atoms with Crippen LogP contribution in [-0.2, 0) is 24.3 Å². The average molecular weight is 410 g/mol. The minimum absolute atomic E-state index is 0.0182. The highest BCUT2D eigenvalue weighted by Gasteiger charge is 2.23. The minimum Gasteiger partial charge on any atom is -0.490 e. The van der Waals surface area contributed by atoms with Crippen LogP contribution < -0.4 is 15.2 Å². The predicted molar refractivity (Wildman–Crippen MR) is 113 cm³/mol. The van der Waals surface area contributed by atoms with Gasteiger partial charge in [0.1, 0.15) is 0 Å². The topological polar surface area (TPSA) is 73.9 Å². The molecule has 2 heterocycles. The first-order valence-electron chi connectivity index (χ1n) is 10.4. The zero-order valence-corrected chi connectivity index (χ0v) is 17.3. The number of hydrogen-bond donors (Lipinski definition) is 0. The SMILES string of the molecule is CCOc1cc2c(cc1OCC)CN(C(=O)CCn1c(=O)oc3ccccc31)CC2. The van der Waals surface area contributed by atoms with Crippen molar-refractivity contribution in [3.63, 3.8) is 0 Å². The average Bonchev–Trinajstić information content (AvgIpc) is 3.07. The van der Waals surface area contributed by atoms with E-state index >= 15 is 0 Å². The second-order valence-electron chi connectivity index (χ2n) is 7.24. The maximum atomic E-state index is 12.9. The molecule has 0 fully saturated rings. The normalized spacial score (nSPS) is 13.3. The number of aromatic nitrogens is 1. The predicted octanol–water partition coefficient (Wildman–Crippen LogP) is 3.37. The Morgan fingerprint density at radius 3 is 2.50 bits per heavy atom. The molecule has 1 aliphatic rings. The number of oxazole rings is 1. The molecule has 4 rings (SSSR count). The summed E-state index contributed by atoms with van der Waals surface area (Å²) in [7, 11) is 0. The molecule has 1 aliphatic heterocycles. The summed E-state index contributed by atoms with van der Waals surface area (Å²) in [5.74, 6) is 1.05. The molecule has 0 unspecified atom stereocenters. The van der Waals surface area contributed by atoms with Crippen LogP contribution in [0.1, 0.15) is 31.4 Å². The number of ether oxygens (including phenoxy) is 2. The molecule has 7 heteroatoms. The van der Waals surface area contributed by atoms with Crippen molar-refractivity contribution in [3.8, 4) is 11.5 Å². The lowest BCUT2D eigenvalue weighted by atomic mass is 9.98. The second kappa shape index (κ2) is 8.65. The third-order valence-electron chi connectivity index (χ3n) is 5.35. The molecule has 0 saturated heterocycles. The lowest BCUT2D eigenvalue weighted by molar-refractivity contribution is -0.132. The Bertz CT molecular complexity index is 1110. The Kier molecular flexibility index (Phi) is 5.79. The van der Waals surface area contributed by atoms with Crippen molar-refractivity contribution in [2.24, 2.45) is 0 Å². The Hall–Kier alpha value is -3.22. The lowest BCUT2D eigenvalue weighted by Gasteiger charge is -2.30. The summed E-state index contributed by atoms with van der Waals surface area (Å²) in [5.41, 5.74) is 3.51. The molecule has 2 aromatic carbocycles. The molecule has 0 spiro atoms. The van der Waals surface area contributed by atoms with Gasteiger partial charge in [-0.25, -0.2) is 4.79 Å². The van der Waals surface area contributed by atoms with Gasteiger partial charge in [-0.15, -0.1) is 0 Å². The zero-order chi connectivity index (χ0) is 21.1. The fourth-order valence-electron chi connectivity index (χ4n) is 3.90. The van der Waals surface area contributed by atoms with Crippen molar-refractivity contribution in [1.82, 2.24) is 9.47 Å². The Morgan fingerprint density at radius 2 is 1.77 bits per heavy atom. The maximum absolute atomic E-state index is 12.9. The van der Waals surface area contributed by atoms with E-state index in [4.69, 9.17) is 13.9 Å². The summed E-state index contributed by atoms with van der Waals surface area (Å²) in [5, 5.41) is 0. The van der Waals surface area contributed by atoms with E-state index in [1.165, 1.54) is 10.1 Å². The summed E-state index contributed by atoms with van der Waals surface area (Å²) in [6, 6.07) is 11.3. The van der Waals surface area contributed by atoms with Gasteiger partial charge in [-0.1, -0.05) is 12.1 Å². The summed E-state index contributed by atoms with van der Waals surface area (Å²) < 4.78 is 18.2. The first-order valence-corrected chi connectivity index (χ1v) is 10.4. The van der Waals surface area contributed by atoms with Crippen LogP contribution in [0.15, 0.2) is 45.6 Å². The number of benzene rings is 2. The number of fused-ring (bicyclic) bond motifs is 2. The number of carbonyl (C=O) groups is 1.